The number of carbonyl (C=O) groups excluding carboxylic acids is 3. The summed E-state index contributed by atoms with van der Waals surface area (Å²) in [5, 5.41) is 5.84. The summed E-state index contributed by atoms with van der Waals surface area (Å²) in [5.41, 5.74) is 0.955. The van der Waals surface area contributed by atoms with Crippen molar-refractivity contribution < 1.29 is 18.8 Å². The van der Waals surface area contributed by atoms with E-state index in [1.807, 2.05) is 18.2 Å². The van der Waals surface area contributed by atoms with Crippen LogP contribution in [0.25, 0.3) is 0 Å². The highest BCUT2D eigenvalue weighted by atomic mass is 19.1. The summed E-state index contributed by atoms with van der Waals surface area (Å²) in [6.45, 7) is 1.05. The number of benzene rings is 2. The van der Waals surface area contributed by atoms with Gasteiger partial charge in [0.1, 0.15) is 11.9 Å². The minimum Gasteiger partial charge on any atom is -0.352 e. The van der Waals surface area contributed by atoms with Crippen molar-refractivity contribution in [3.8, 4) is 0 Å². The molecule has 0 aromatic heterocycles. The molecule has 0 bridgehead atoms. The average Bonchev–Trinajstić information content (AvgIpc) is 3.62. The Morgan fingerprint density at radius 2 is 1.52 bits per heavy atom. The van der Waals surface area contributed by atoms with Crippen LogP contribution in [0.4, 0.5) is 4.39 Å². The van der Waals surface area contributed by atoms with Crippen molar-refractivity contribution in [2.24, 2.45) is 5.92 Å². The molecule has 1 saturated carbocycles. The number of halogens is 1. The molecule has 4 rings (SSSR count). The van der Waals surface area contributed by atoms with Crippen LogP contribution in [0.2, 0.25) is 0 Å². The van der Waals surface area contributed by atoms with E-state index in [1.165, 1.54) is 24.3 Å². The lowest BCUT2D eigenvalue weighted by Crippen LogP contribution is -2.54. The van der Waals surface area contributed by atoms with Crippen molar-refractivity contribution in [2.45, 2.75) is 37.8 Å². The molecule has 2 aromatic carbocycles. The van der Waals surface area contributed by atoms with Crippen LogP contribution < -0.4 is 10.6 Å². The summed E-state index contributed by atoms with van der Waals surface area (Å²) < 4.78 is 13.2. The summed E-state index contributed by atoms with van der Waals surface area (Å²) in [4.78, 5) is 40.1. The van der Waals surface area contributed by atoms with Crippen LogP contribution in [-0.4, -0.2) is 47.8 Å². The molecule has 2 fully saturated rings. The van der Waals surface area contributed by atoms with Crippen molar-refractivity contribution >= 4 is 17.7 Å². The van der Waals surface area contributed by atoms with Gasteiger partial charge in [-0.25, -0.2) is 4.39 Å². The van der Waals surface area contributed by atoms with Gasteiger partial charge in [-0.15, -0.1) is 0 Å². The fraction of sp³-hybridized carbons (Fsp3) is 0.375. The van der Waals surface area contributed by atoms with Gasteiger partial charge in [-0.1, -0.05) is 18.2 Å². The Morgan fingerprint density at radius 3 is 2.13 bits per heavy atom. The van der Waals surface area contributed by atoms with Gasteiger partial charge in [0.25, 0.3) is 11.8 Å². The lowest BCUT2D eigenvalue weighted by atomic mass is 9.88. The minimum absolute atomic E-state index is 0.0200. The first kappa shape index (κ1) is 21.0. The van der Waals surface area contributed by atoms with E-state index in [9.17, 15) is 18.8 Å². The normalized spacial score (nSPS) is 17.6. The van der Waals surface area contributed by atoms with E-state index in [0.29, 0.717) is 37.1 Å². The maximum Gasteiger partial charge on any atom is 0.253 e. The average molecular weight is 423 g/mol. The van der Waals surface area contributed by atoms with Crippen LogP contribution in [0.1, 0.15) is 46.4 Å². The Bertz CT molecular complexity index is 936. The van der Waals surface area contributed by atoms with Gasteiger partial charge in [-0.2, -0.15) is 0 Å². The highest BCUT2D eigenvalue weighted by Crippen LogP contribution is 2.25. The number of nitrogens with one attached hydrogen (secondary N) is 2. The van der Waals surface area contributed by atoms with E-state index < -0.39 is 17.8 Å². The van der Waals surface area contributed by atoms with E-state index in [2.05, 4.69) is 10.6 Å². The monoisotopic (exact) mass is 423 g/mol. The molecule has 1 atom stereocenters. The van der Waals surface area contributed by atoms with Gasteiger partial charge in [0, 0.05) is 30.3 Å². The van der Waals surface area contributed by atoms with Crippen LogP contribution in [-0.2, 0) is 4.79 Å². The fourth-order valence-corrected chi connectivity index (χ4v) is 3.94. The zero-order valence-corrected chi connectivity index (χ0v) is 17.2. The van der Waals surface area contributed by atoms with Gasteiger partial charge in [0.05, 0.1) is 0 Å². The van der Waals surface area contributed by atoms with Crippen LogP contribution >= 0.6 is 0 Å². The minimum atomic E-state index is -0.688. The molecule has 1 saturated heterocycles. The number of likely N-dealkylation sites (tertiary alicyclic amines) is 1. The number of carbonyl (C=O) groups is 3. The number of amides is 3. The summed E-state index contributed by atoms with van der Waals surface area (Å²) in [5.74, 6) is -1.11. The van der Waals surface area contributed by atoms with Crippen molar-refractivity contribution in [3.63, 3.8) is 0 Å². The molecule has 7 heteroatoms. The standard InChI is InChI=1S/C24H26FN3O3/c25-19-8-6-17(7-9-19)22(29)27-21(23(30)26-20-10-11-20)16-12-14-28(15-13-16)24(31)18-4-2-1-3-5-18/h1-9,16,20-21H,10-15H2,(H,26,30)(H,27,29)/t21-/m1/s1. The zero-order chi connectivity index (χ0) is 21.8. The Morgan fingerprint density at radius 1 is 0.871 bits per heavy atom. The summed E-state index contributed by atoms with van der Waals surface area (Å²) in [6, 6.07) is 13.9. The SMILES string of the molecule is O=C(N[C@@H](C(=O)NC1CC1)C1CCN(C(=O)c2ccccc2)CC1)c1ccc(F)cc1. The molecule has 6 nitrogen and oxygen atoms in total. The van der Waals surface area contributed by atoms with Crippen LogP contribution in [0.5, 0.6) is 0 Å². The van der Waals surface area contributed by atoms with Gasteiger partial charge in [-0.3, -0.25) is 14.4 Å². The topological polar surface area (TPSA) is 78.5 Å². The van der Waals surface area contributed by atoms with E-state index in [4.69, 9.17) is 0 Å². The van der Waals surface area contributed by atoms with Gasteiger partial charge < -0.3 is 15.5 Å². The smallest absolute Gasteiger partial charge is 0.253 e. The first-order chi connectivity index (χ1) is 15.0. The third kappa shape index (κ3) is 5.29. The Labute approximate surface area is 180 Å². The van der Waals surface area contributed by atoms with Crippen molar-refractivity contribution in [1.82, 2.24) is 15.5 Å². The molecule has 1 heterocycles. The number of hydrogen-bond acceptors (Lipinski definition) is 3. The van der Waals surface area contributed by atoms with E-state index >= 15 is 0 Å². The maximum atomic E-state index is 13.2. The third-order valence-corrected chi connectivity index (χ3v) is 5.92. The highest BCUT2D eigenvalue weighted by molar-refractivity contribution is 5.98. The summed E-state index contributed by atoms with van der Waals surface area (Å²) in [7, 11) is 0. The van der Waals surface area contributed by atoms with E-state index in [0.717, 1.165) is 12.8 Å². The molecule has 1 aliphatic carbocycles. The second kappa shape index (κ2) is 9.29. The zero-order valence-electron chi connectivity index (χ0n) is 17.2. The predicted octanol–water partition coefficient (Wildman–Crippen LogP) is 2.76. The molecule has 31 heavy (non-hydrogen) atoms. The van der Waals surface area contributed by atoms with Gasteiger partial charge in [0.15, 0.2) is 0 Å². The molecule has 0 spiro atoms. The molecule has 2 N–H and O–H groups in total. The molecule has 0 radical (unpaired) electrons. The van der Waals surface area contributed by atoms with Crippen LogP contribution in [0, 0.1) is 11.7 Å². The number of rotatable bonds is 6. The van der Waals surface area contributed by atoms with Crippen molar-refractivity contribution in [2.75, 3.05) is 13.1 Å². The molecule has 2 aliphatic rings. The molecule has 2 aromatic rings. The Hall–Kier alpha value is -3.22. The first-order valence-electron chi connectivity index (χ1n) is 10.7. The second-order valence-corrected chi connectivity index (χ2v) is 8.24. The molecular formula is C24H26FN3O3. The summed E-state index contributed by atoms with van der Waals surface area (Å²) >= 11 is 0. The predicted molar refractivity (Wildman–Crippen MR) is 114 cm³/mol. The molecule has 0 unspecified atom stereocenters. The maximum absolute atomic E-state index is 13.2. The quantitative estimate of drug-likeness (QED) is 0.750. The third-order valence-electron chi connectivity index (χ3n) is 5.92. The van der Waals surface area contributed by atoms with Gasteiger partial charge >= 0.3 is 0 Å². The van der Waals surface area contributed by atoms with E-state index in [1.54, 1.807) is 17.0 Å². The summed E-state index contributed by atoms with van der Waals surface area (Å²) in [6.07, 6.45) is 3.14. The van der Waals surface area contributed by atoms with Crippen LogP contribution in [0.3, 0.4) is 0 Å². The Balaban J connectivity index is 1.42. The Kier molecular flexibility index (Phi) is 6.30. The highest BCUT2D eigenvalue weighted by Gasteiger charge is 2.36. The molecular weight excluding hydrogens is 397 g/mol. The molecule has 162 valence electrons. The molecule has 3 amide bonds. The lowest BCUT2D eigenvalue weighted by Gasteiger charge is -2.36. The second-order valence-electron chi connectivity index (χ2n) is 8.24. The fourth-order valence-electron chi connectivity index (χ4n) is 3.94. The lowest BCUT2D eigenvalue weighted by molar-refractivity contribution is -0.124. The first-order valence-corrected chi connectivity index (χ1v) is 10.7. The number of piperidine rings is 1. The van der Waals surface area contributed by atoms with Crippen LogP contribution in [0.15, 0.2) is 54.6 Å². The number of nitrogens with zero attached hydrogens (tertiary/aromatic N) is 1. The molecule has 1 aliphatic heterocycles. The van der Waals surface area contributed by atoms with Crippen molar-refractivity contribution in [3.05, 3.63) is 71.5 Å². The largest absolute Gasteiger partial charge is 0.352 e. The van der Waals surface area contributed by atoms with E-state index in [-0.39, 0.29) is 23.8 Å². The van der Waals surface area contributed by atoms with Gasteiger partial charge in [-0.05, 0) is 68.0 Å². The van der Waals surface area contributed by atoms with Gasteiger partial charge in [0.2, 0.25) is 5.91 Å². The number of hydrogen-bond donors (Lipinski definition) is 2. The van der Waals surface area contributed by atoms with Crippen molar-refractivity contribution in [1.29, 1.82) is 0 Å².